The maximum Gasteiger partial charge on any atom is 0.417 e. The van der Waals surface area contributed by atoms with Gasteiger partial charge in [0, 0.05) is 12.6 Å². The van der Waals surface area contributed by atoms with E-state index in [2.05, 4.69) is 5.10 Å². The second-order valence-electron chi connectivity index (χ2n) is 6.67. The van der Waals surface area contributed by atoms with Gasteiger partial charge in [0.15, 0.2) is 15.6 Å². The first-order valence-electron chi connectivity index (χ1n) is 8.12. The summed E-state index contributed by atoms with van der Waals surface area (Å²) in [6.45, 7) is 1.24. The zero-order valence-electron chi connectivity index (χ0n) is 14.5. The SMILES string of the molecule is Cc1c(-c2cnn(C)c(=O)c2O)ccc(C(F)(F)F)c1S(=O)(=O)CC1CC1. The van der Waals surface area contributed by atoms with E-state index in [4.69, 9.17) is 0 Å². The van der Waals surface area contributed by atoms with Gasteiger partial charge in [-0.25, -0.2) is 13.1 Å². The molecular formula is C17H17F3N2O4S. The van der Waals surface area contributed by atoms with E-state index in [-0.39, 0.29) is 28.4 Å². The van der Waals surface area contributed by atoms with Crippen molar-refractivity contribution in [2.75, 3.05) is 5.75 Å². The van der Waals surface area contributed by atoms with Gasteiger partial charge in [0.2, 0.25) is 0 Å². The largest absolute Gasteiger partial charge is 0.503 e. The van der Waals surface area contributed by atoms with E-state index in [1.54, 1.807) is 0 Å². The monoisotopic (exact) mass is 402 g/mol. The highest BCUT2D eigenvalue weighted by atomic mass is 32.2. The zero-order chi connectivity index (χ0) is 20.1. The molecule has 0 radical (unpaired) electrons. The van der Waals surface area contributed by atoms with Crippen molar-refractivity contribution in [3.8, 4) is 16.9 Å². The molecule has 1 aliphatic carbocycles. The van der Waals surface area contributed by atoms with Crippen LogP contribution in [-0.4, -0.2) is 29.1 Å². The van der Waals surface area contributed by atoms with Gasteiger partial charge in [-0.3, -0.25) is 4.79 Å². The molecule has 10 heteroatoms. The number of halogens is 3. The molecule has 0 atom stereocenters. The number of nitrogens with zero attached hydrogens (tertiary/aromatic N) is 2. The molecule has 0 unspecified atom stereocenters. The molecule has 0 bridgehead atoms. The van der Waals surface area contributed by atoms with Crippen molar-refractivity contribution in [2.24, 2.45) is 13.0 Å². The topological polar surface area (TPSA) is 89.3 Å². The Hall–Kier alpha value is -2.36. The van der Waals surface area contributed by atoms with Gasteiger partial charge in [-0.1, -0.05) is 6.07 Å². The predicted octanol–water partition coefficient (Wildman–Crippen LogP) is 2.66. The quantitative estimate of drug-likeness (QED) is 0.849. The third-order valence-electron chi connectivity index (χ3n) is 4.58. The number of aromatic hydroxyl groups is 1. The van der Waals surface area contributed by atoms with Crippen LogP contribution in [0, 0.1) is 12.8 Å². The van der Waals surface area contributed by atoms with Crippen molar-refractivity contribution < 1.29 is 26.7 Å². The van der Waals surface area contributed by atoms with Crippen molar-refractivity contribution in [3.63, 3.8) is 0 Å². The maximum absolute atomic E-state index is 13.5. The minimum Gasteiger partial charge on any atom is -0.503 e. The van der Waals surface area contributed by atoms with Crippen LogP contribution in [0.15, 0.2) is 28.0 Å². The van der Waals surface area contributed by atoms with E-state index in [0.29, 0.717) is 18.9 Å². The number of hydrogen-bond acceptors (Lipinski definition) is 5. The van der Waals surface area contributed by atoms with E-state index in [9.17, 15) is 31.5 Å². The lowest BCUT2D eigenvalue weighted by Gasteiger charge is -2.19. The van der Waals surface area contributed by atoms with E-state index in [1.807, 2.05) is 0 Å². The molecule has 3 rings (SSSR count). The summed E-state index contributed by atoms with van der Waals surface area (Å²) in [5.74, 6) is -1.21. The lowest BCUT2D eigenvalue weighted by Crippen LogP contribution is -2.20. The van der Waals surface area contributed by atoms with Gasteiger partial charge in [0.1, 0.15) is 0 Å². The van der Waals surface area contributed by atoms with Crippen molar-refractivity contribution in [2.45, 2.75) is 30.8 Å². The highest BCUT2D eigenvalue weighted by Crippen LogP contribution is 2.42. The Bertz CT molecular complexity index is 1070. The standard InChI is InChI=1S/C17H17F3N2O4S/c1-9-11(12-7-21-22(2)16(24)14(12)23)5-6-13(17(18,19)20)15(9)27(25,26)8-10-3-4-10/h5-7,10,23H,3-4,8H2,1-2H3. The predicted molar refractivity (Wildman–Crippen MR) is 91.1 cm³/mol. The number of hydrogen-bond donors (Lipinski definition) is 1. The first-order chi connectivity index (χ1) is 12.4. The van der Waals surface area contributed by atoms with Gasteiger partial charge in [-0.05, 0) is 42.9 Å². The van der Waals surface area contributed by atoms with Crippen LogP contribution in [0.25, 0.3) is 11.1 Å². The Kier molecular flexibility index (Phi) is 4.57. The second-order valence-corrected chi connectivity index (χ2v) is 8.64. The Morgan fingerprint density at radius 2 is 1.89 bits per heavy atom. The minimum absolute atomic E-state index is 0.0140. The van der Waals surface area contributed by atoms with Crippen molar-refractivity contribution in [3.05, 3.63) is 39.8 Å². The Morgan fingerprint density at radius 3 is 2.44 bits per heavy atom. The van der Waals surface area contributed by atoms with E-state index in [0.717, 1.165) is 16.9 Å². The highest BCUT2D eigenvalue weighted by molar-refractivity contribution is 7.91. The molecule has 1 saturated carbocycles. The van der Waals surface area contributed by atoms with E-state index in [1.165, 1.54) is 14.0 Å². The fourth-order valence-corrected chi connectivity index (χ4v) is 5.22. The maximum atomic E-state index is 13.5. The summed E-state index contributed by atoms with van der Waals surface area (Å²) in [5.41, 5.74) is -2.36. The number of alkyl halides is 3. The van der Waals surface area contributed by atoms with Crippen molar-refractivity contribution in [1.29, 1.82) is 0 Å². The molecule has 27 heavy (non-hydrogen) atoms. The zero-order valence-corrected chi connectivity index (χ0v) is 15.4. The lowest BCUT2D eigenvalue weighted by atomic mass is 9.99. The molecular weight excluding hydrogens is 385 g/mol. The fourth-order valence-electron chi connectivity index (χ4n) is 3.01. The van der Waals surface area contributed by atoms with Gasteiger partial charge < -0.3 is 5.11 Å². The average Bonchev–Trinajstić information content (AvgIpc) is 3.35. The molecule has 1 fully saturated rings. The van der Waals surface area contributed by atoms with Crippen LogP contribution < -0.4 is 5.56 Å². The van der Waals surface area contributed by atoms with E-state index >= 15 is 0 Å². The Balaban J connectivity index is 2.29. The van der Waals surface area contributed by atoms with E-state index < -0.39 is 37.8 Å². The third-order valence-corrected chi connectivity index (χ3v) is 6.63. The molecule has 1 aromatic carbocycles. The summed E-state index contributed by atoms with van der Waals surface area (Å²) in [6, 6.07) is 1.71. The molecule has 0 amide bonds. The number of aryl methyl sites for hydroxylation is 1. The third kappa shape index (κ3) is 3.58. The number of aromatic nitrogens is 2. The van der Waals surface area contributed by atoms with Crippen molar-refractivity contribution >= 4 is 9.84 Å². The van der Waals surface area contributed by atoms with Crippen LogP contribution in [0.4, 0.5) is 13.2 Å². The van der Waals surface area contributed by atoms with Crippen LogP contribution in [0.3, 0.4) is 0 Å². The average molecular weight is 402 g/mol. The second kappa shape index (κ2) is 6.36. The van der Waals surface area contributed by atoms with Crippen LogP contribution in [0.1, 0.15) is 24.0 Å². The Labute approximate surface area is 153 Å². The highest BCUT2D eigenvalue weighted by Gasteiger charge is 2.40. The van der Waals surface area contributed by atoms with Crippen LogP contribution in [0.5, 0.6) is 5.75 Å². The summed E-state index contributed by atoms with van der Waals surface area (Å²) in [4.78, 5) is 11.1. The van der Waals surface area contributed by atoms with Crippen molar-refractivity contribution in [1.82, 2.24) is 9.78 Å². The van der Waals surface area contributed by atoms with Crippen LogP contribution in [-0.2, 0) is 23.1 Å². The molecule has 146 valence electrons. The Morgan fingerprint density at radius 1 is 1.26 bits per heavy atom. The molecule has 1 N–H and O–H groups in total. The van der Waals surface area contributed by atoms with Gasteiger partial charge in [-0.2, -0.15) is 18.3 Å². The first kappa shape index (κ1) is 19.4. The summed E-state index contributed by atoms with van der Waals surface area (Å²) in [5, 5.41) is 13.8. The molecule has 1 heterocycles. The van der Waals surface area contributed by atoms with Gasteiger partial charge in [-0.15, -0.1) is 0 Å². The molecule has 0 aliphatic heterocycles. The summed E-state index contributed by atoms with van der Waals surface area (Å²) in [6.07, 6.45) is -2.41. The molecule has 1 aliphatic rings. The van der Waals surface area contributed by atoms with Crippen LogP contribution >= 0.6 is 0 Å². The lowest BCUT2D eigenvalue weighted by molar-refractivity contribution is -0.139. The fraction of sp³-hybridized carbons (Fsp3) is 0.412. The minimum atomic E-state index is -4.86. The summed E-state index contributed by atoms with van der Waals surface area (Å²) >= 11 is 0. The molecule has 1 aromatic heterocycles. The molecule has 2 aromatic rings. The molecule has 6 nitrogen and oxygen atoms in total. The first-order valence-corrected chi connectivity index (χ1v) is 9.78. The number of rotatable bonds is 4. The molecule has 0 saturated heterocycles. The van der Waals surface area contributed by atoms with Crippen LogP contribution in [0.2, 0.25) is 0 Å². The van der Waals surface area contributed by atoms with Gasteiger partial charge in [0.05, 0.1) is 22.4 Å². The normalized spacial score (nSPS) is 15.1. The summed E-state index contributed by atoms with van der Waals surface area (Å²) < 4.78 is 66.7. The number of sulfone groups is 1. The van der Waals surface area contributed by atoms with Gasteiger partial charge in [0.25, 0.3) is 0 Å². The molecule has 0 spiro atoms. The number of benzene rings is 1. The van der Waals surface area contributed by atoms with Gasteiger partial charge >= 0.3 is 11.7 Å². The summed E-state index contributed by atoms with van der Waals surface area (Å²) in [7, 11) is -2.91. The smallest absolute Gasteiger partial charge is 0.417 e.